The summed E-state index contributed by atoms with van der Waals surface area (Å²) in [5, 5.41) is 19.6. The van der Waals surface area contributed by atoms with Gasteiger partial charge in [-0.1, -0.05) is 0 Å². The van der Waals surface area contributed by atoms with Crippen LogP contribution in [-0.4, -0.2) is 34.1 Å². The number of nitrogens with two attached hydrogens (primary N) is 1. The predicted octanol–water partition coefficient (Wildman–Crippen LogP) is 0.967. The van der Waals surface area contributed by atoms with Crippen LogP contribution in [0.2, 0.25) is 0 Å². The molecule has 1 aromatic carbocycles. The maximum Gasteiger partial charge on any atom is 0.374 e. The number of rotatable bonds is 5. The molecule has 0 radical (unpaired) electrons. The first-order valence-electron chi connectivity index (χ1n) is 6.30. The van der Waals surface area contributed by atoms with Crippen molar-refractivity contribution in [1.82, 2.24) is 9.97 Å². The number of hydrogen-bond acceptors (Lipinski definition) is 7. The molecule has 0 saturated carbocycles. The molecule has 0 bridgehead atoms. The molecule has 0 fully saturated rings. The molecule has 9 heteroatoms. The van der Waals surface area contributed by atoms with Crippen LogP contribution in [0.5, 0.6) is 0 Å². The highest BCUT2D eigenvalue weighted by Crippen LogP contribution is 2.17. The molecule has 9 nitrogen and oxygen atoms in total. The number of nitriles is 1. The summed E-state index contributed by atoms with van der Waals surface area (Å²) in [5.41, 5.74) is 9.31. The molecule has 2 rings (SSSR count). The van der Waals surface area contributed by atoms with Crippen molar-refractivity contribution in [2.45, 2.75) is 6.92 Å². The Morgan fingerprint density at radius 1 is 1.64 bits per heavy atom. The number of esters is 1. The number of nitrogens with one attached hydrogen (secondary N) is 3. The van der Waals surface area contributed by atoms with Gasteiger partial charge in [0, 0.05) is 0 Å². The fraction of sp³-hybridized carbons (Fsp3) is 0.154. The summed E-state index contributed by atoms with van der Waals surface area (Å²) in [6.45, 7) is 1.97. The van der Waals surface area contributed by atoms with E-state index in [4.69, 9.17) is 21.1 Å². The number of benzene rings is 1. The van der Waals surface area contributed by atoms with Gasteiger partial charge in [0.15, 0.2) is 5.84 Å². The Bertz CT molecular complexity index is 800. The first-order valence-corrected chi connectivity index (χ1v) is 6.30. The highest BCUT2D eigenvalue weighted by Gasteiger charge is 2.12. The Hall–Kier alpha value is -3.41. The molecule has 22 heavy (non-hydrogen) atoms. The molecule has 1 heterocycles. The van der Waals surface area contributed by atoms with E-state index < -0.39 is 11.8 Å². The number of anilines is 1. The zero-order chi connectivity index (χ0) is 16.1. The Kier molecular flexibility index (Phi) is 4.33. The van der Waals surface area contributed by atoms with E-state index in [1.807, 2.05) is 0 Å². The number of carbonyl (C=O) groups is 1. The maximum atomic E-state index is 11.6. The van der Waals surface area contributed by atoms with Gasteiger partial charge >= 0.3 is 5.97 Å². The third kappa shape index (κ3) is 3.18. The quantitative estimate of drug-likeness (QED) is 0.279. The Balaban J connectivity index is 2.26. The average molecular weight is 299 g/mol. The summed E-state index contributed by atoms with van der Waals surface area (Å²) in [6.07, 6.45) is 0. The van der Waals surface area contributed by atoms with Crippen LogP contribution in [0.3, 0.4) is 0 Å². The van der Waals surface area contributed by atoms with Crippen molar-refractivity contribution in [2.24, 2.45) is 10.8 Å². The summed E-state index contributed by atoms with van der Waals surface area (Å²) >= 11 is 0. The summed E-state index contributed by atoms with van der Waals surface area (Å²) in [4.78, 5) is 18.6. The third-order valence-electron chi connectivity index (χ3n) is 2.61. The van der Waals surface area contributed by atoms with E-state index in [-0.39, 0.29) is 18.1 Å². The van der Waals surface area contributed by atoms with E-state index in [9.17, 15) is 4.79 Å². The third-order valence-corrected chi connectivity index (χ3v) is 2.61. The molecule has 5 N–H and O–H groups in total. The molecular weight excluding hydrogens is 286 g/mol. The summed E-state index contributed by atoms with van der Waals surface area (Å²) in [7, 11) is 0. The smallest absolute Gasteiger partial charge is 0.374 e. The minimum absolute atomic E-state index is 0.110. The monoisotopic (exact) mass is 299 g/mol. The number of imidazole rings is 1. The van der Waals surface area contributed by atoms with Crippen LogP contribution in [0.25, 0.3) is 11.0 Å². The Labute approximate surface area is 125 Å². The largest absolute Gasteiger partial charge is 0.460 e. The van der Waals surface area contributed by atoms with E-state index in [1.54, 1.807) is 31.2 Å². The lowest BCUT2D eigenvalue weighted by Gasteiger charge is -2.00. The first kappa shape index (κ1) is 15.0. The van der Waals surface area contributed by atoms with Crippen LogP contribution in [0.1, 0.15) is 17.5 Å². The summed E-state index contributed by atoms with van der Waals surface area (Å²) < 4.78 is 4.86. The molecule has 0 saturated heterocycles. The second kappa shape index (κ2) is 6.36. The van der Waals surface area contributed by atoms with Gasteiger partial charge in [0.05, 0.1) is 23.3 Å². The zero-order valence-corrected chi connectivity index (χ0v) is 11.7. The number of aromatic nitrogens is 2. The van der Waals surface area contributed by atoms with Crippen molar-refractivity contribution >= 4 is 34.2 Å². The molecule has 2 aromatic rings. The van der Waals surface area contributed by atoms with Gasteiger partial charge in [-0.25, -0.2) is 9.78 Å². The molecule has 112 valence electrons. The van der Waals surface area contributed by atoms with Crippen molar-refractivity contribution in [2.75, 3.05) is 12.0 Å². The fourth-order valence-electron chi connectivity index (χ4n) is 1.64. The normalized spacial score (nSPS) is 11.0. The van der Waals surface area contributed by atoms with E-state index in [1.165, 1.54) is 0 Å². The standard InChI is InChI=1S/C13H13N7O2/c1-2-22-13(21)12-17-8-4-3-7(5-9(8)18-12)19-20-10(6-14)11(15)16/h3-5,19H,2H2,1H3,(H3,15,16)(H,17,18)/b20-10+. The number of aromatic amines is 1. The minimum Gasteiger partial charge on any atom is -0.460 e. The van der Waals surface area contributed by atoms with Crippen molar-refractivity contribution in [3.8, 4) is 6.07 Å². The van der Waals surface area contributed by atoms with Gasteiger partial charge < -0.3 is 15.5 Å². The molecule has 0 atom stereocenters. The lowest BCUT2D eigenvalue weighted by atomic mass is 10.3. The predicted molar refractivity (Wildman–Crippen MR) is 80.6 cm³/mol. The van der Waals surface area contributed by atoms with Crippen molar-refractivity contribution < 1.29 is 9.53 Å². The van der Waals surface area contributed by atoms with Gasteiger partial charge in [0.25, 0.3) is 0 Å². The van der Waals surface area contributed by atoms with Gasteiger partial charge in [-0.15, -0.1) is 0 Å². The van der Waals surface area contributed by atoms with Crippen molar-refractivity contribution in [3.05, 3.63) is 24.0 Å². The Morgan fingerprint density at radius 3 is 3.05 bits per heavy atom. The van der Waals surface area contributed by atoms with Gasteiger partial charge in [0.2, 0.25) is 11.5 Å². The van der Waals surface area contributed by atoms with E-state index in [0.717, 1.165) is 0 Å². The number of amidine groups is 1. The summed E-state index contributed by atoms with van der Waals surface area (Å²) in [6, 6.07) is 6.69. The van der Waals surface area contributed by atoms with E-state index >= 15 is 0 Å². The number of ether oxygens (including phenoxy) is 1. The van der Waals surface area contributed by atoms with Crippen LogP contribution in [0.15, 0.2) is 23.3 Å². The molecular formula is C13H13N7O2. The molecule has 0 aliphatic heterocycles. The minimum atomic E-state index is -0.533. The summed E-state index contributed by atoms with van der Waals surface area (Å²) in [5.74, 6) is -0.851. The first-order chi connectivity index (χ1) is 10.5. The van der Waals surface area contributed by atoms with Crippen LogP contribution < -0.4 is 11.2 Å². The number of H-pyrrole nitrogens is 1. The fourth-order valence-corrected chi connectivity index (χ4v) is 1.64. The van der Waals surface area contributed by atoms with Gasteiger partial charge in [-0.05, 0) is 25.1 Å². The van der Waals surface area contributed by atoms with Crippen molar-refractivity contribution in [1.29, 1.82) is 10.7 Å². The highest BCUT2D eigenvalue weighted by atomic mass is 16.5. The number of hydrogen-bond donors (Lipinski definition) is 4. The topological polar surface area (TPSA) is 153 Å². The van der Waals surface area contributed by atoms with Crippen molar-refractivity contribution in [3.63, 3.8) is 0 Å². The maximum absolute atomic E-state index is 11.6. The Morgan fingerprint density at radius 2 is 2.41 bits per heavy atom. The SMILES string of the molecule is CCOC(=O)c1nc2ccc(N/N=C(\C#N)C(=N)N)cc2[nH]1. The van der Waals surface area contributed by atoms with Crippen LogP contribution >= 0.6 is 0 Å². The number of hydrazone groups is 1. The second-order valence-electron chi connectivity index (χ2n) is 4.14. The second-order valence-corrected chi connectivity index (χ2v) is 4.14. The lowest BCUT2D eigenvalue weighted by Crippen LogP contribution is -2.21. The van der Waals surface area contributed by atoms with Gasteiger partial charge in [0.1, 0.15) is 6.07 Å². The average Bonchev–Trinajstić information content (AvgIpc) is 2.91. The molecule has 0 spiro atoms. The lowest BCUT2D eigenvalue weighted by molar-refractivity contribution is 0.0514. The van der Waals surface area contributed by atoms with Gasteiger partial charge in [-0.2, -0.15) is 10.4 Å². The zero-order valence-electron chi connectivity index (χ0n) is 11.7. The van der Waals surface area contributed by atoms with Crippen LogP contribution in [-0.2, 0) is 4.74 Å². The highest BCUT2D eigenvalue weighted by molar-refractivity contribution is 6.45. The van der Waals surface area contributed by atoms with Gasteiger partial charge in [-0.3, -0.25) is 10.8 Å². The molecule has 0 aliphatic carbocycles. The van der Waals surface area contributed by atoms with Crippen LogP contribution in [0.4, 0.5) is 5.69 Å². The number of carbonyl (C=O) groups excluding carboxylic acids is 1. The number of nitrogens with zero attached hydrogens (tertiary/aromatic N) is 3. The number of fused-ring (bicyclic) bond motifs is 1. The molecule has 1 aromatic heterocycles. The molecule has 0 amide bonds. The van der Waals surface area contributed by atoms with E-state index in [2.05, 4.69) is 20.5 Å². The molecule has 0 aliphatic rings. The van der Waals surface area contributed by atoms with E-state index in [0.29, 0.717) is 16.7 Å². The molecule has 0 unspecified atom stereocenters. The van der Waals surface area contributed by atoms with Crippen LogP contribution in [0, 0.1) is 16.7 Å².